The molecule has 1 fully saturated rings. The number of hydrogen-bond donors (Lipinski definition) is 0. The van der Waals surface area contributed by atoms with E-state index in [1.165, 1.54) is 12.1 Å². The van der Waals surface area contributed by atoms with Crippen LogP contribution in [0.15, 0.2) is 42.5 Å². The SMILES string of the molecule is CC(C)Oc1ccc(-c2cc(F)cc(OCCN3CCOCC3)c2)cc1. The molecule has 0 aliphatic carbocycles. The molecule has 0 saturated carbocycles. The van der Waals surface area contributed by atoms with Crippen LogP contribution in [0, 0.1) is 5.82 Å². The molecule has 2 aromatic rings. The van der Waals surface area contributed by atoms with E-state index in [4.69, 9.17) is 14.2 Å². The molecule has 1 heterocycles. The van der Waals surface area contributed by atoms with E-state index in [1.54, 1.807) is 0 Å². The summed E-state index contributed by atoms with van der Waals surface area (Å²) in [6, 6.07) is 12.5. The van der Waals surface area contributed by atoms with E-state index in [2.05, 4.69) is 4.90 Å². The minimum Gasteiger partial charge on any atom is -0.492 e. The van der Waals surface area contributed by atoms with Gasteiger partial charge in [-0.2, -0.15) is 0 Å². The number of hydrogen-bond acceptors (Lipinski definition) is 4. The fourth-order valence-electron chi connectivity index (χ4n) is 2.93. The Morgan fingerprint density at radius 2 is 1.73 bits per heavy atom. The molecule has 140 valence electrons. The third-order valence-electron chi connectivity index (χ3n) is 4.21. The zero-order valence-corrected chi connectivity index (χ0v) is 15.4. The van der Waals surface area contributed by atoms with E-state index >= 15 is 0 Å². The molecule has 1 saturated heterocycles. The molecule has 4 nitrogen and oxygen atoms in total. The highest BCUT2D eigenvalue weighted by molar-refractivity contribution is 5.66. The molecule has 0 aromatic heterocycles. The molecule has 1 aliphatic heterocycles. The van der Waals surface area contributed by atoms with Crippen LogP contribution in [-0.2, 0) is 4.74 Å². The predicted octanol–water partition coefficient (Wildman–Crippen LogP) is 3.99. The molecule has 0 unspecified atom stereocenters. The minimum atomic E-state index is -0.300. The molecule has 0 spiro atoms. The van der Waals surface area contributed by atoms with E-state index < -0.39 is 0 Å². The van der Waals surface area contributed by atoms with Crippen LogP contribution < -0.4 is 9.47 Å². The lowest BCUT2D eigenvalue weighted by Crippen LogP contribution is -2.38. The third-order valence-corrected chi connectivity index (χ3v) is 4.21. The predicted molar refractivity (Wildman–Crippen MR) is 100 cm³/mol. The van der Waals surface area contributed by atoms with E-state index in [9.17, 15) is 4.39 Å². The molecule has 2 aromatic carbocycles. The van der Waals surface area contributed by atoms with E-state index in [0.29, 0.717) is 12.4 Å². The molecule has 0 bridgehead atoms. The second kappa shape index (κ2) is 9.01. The lowest BCUT2D eigenvalue weighted by Gasteiger charge is -2.26. The molecule has 0 N–H and O–H groups in total. The summed E-state index contributed by atoms with van der Waals surface area (Å²) in [5, 5.41) is 0. The van der Waals surface area contributed by atoms with Crippen molar-refractivity contribution in [3.63, 3.8) is 0 Å². The molecule has 0 amide bonds. The summed E-state index contributed by atoms with van der Waals surface area (Å²) >= 11 is 0. The summed E-state index contributed by atoms with van der Waals surface area (Å²) in [5.41, 5.74) is 1.72. The van der Waals surface area contributed by atoms with Crippen molar-refractivity contribution in [1.29, 1.82) is 0 Å². The normalized spacial score (nSPS) is 15.2. The van der Waals surface area contributed by atoms with Gasteiger partial charge >= 0.3 is 0 Å². The Kier molecular flexibility index (Phi) is 6.47. The van der Waals surface area contributed by atoms with Crippen molar-refractivity contribution in [1.82, 2.24) is 4.90 Å². The third kappa shape index (κ3) is 5.44. The molecular weight excluding hydrogens is 333 g/mol. The maximum Gasteiger partial charge on any atom is 0.127 e. The molecular formula is C21H26FNO3. The topological polar surface area (TPSA) is 30.9 Å². The van der Waals surface area contributed by atoms with Crippen LogP contribution in [0.5, 0.6) is 11.5 Å². The molecule has 0 atom stereocenters. The van der Waals surface area contributed by atoms with Crippen molar-refractivity contribution in [2.24, 2.45) is 0 Å². The first-order valence-corrected chi connectivity index (χ1v) is 9.11. The van der Waals surface area contributed by atoms with Gasteiger partial charge in [0.05, 0.1) is 19.3 Å². The summed E-state index contributed by atoms with van der Waals surface area (Å²) in [5.74, 6) is 1.06. The van der Waals surface area contributed by atoms with Crippen molar-refractivity contribution in [2.45, 2.75) is 20.0 Å². The summed E-state index contributed by atoms with van der Waals surface area (Å²) in [7, 11) is 0. The lowest BCUT2D eigenvalue weighted by atomic mass is 10.1. The van der Waals surface area contributed by atoms with Crippen molar-refractivity contribution in [2.75, 3.05) is 39.5 Å². The number of ether oxygens (including phenoxy) is 3. The van der Waals surface area contributed by atoms with E-state index in [1.807, 2.05) is 44.2 Å². The van der Waals surface area contributed by atoms with Crippen LogP contribution in [0.4, 0.5) is 4.39 Å². The lowest BCUT2D eigenvalue weighted by molar-refractivity contribution is 0.0322. The van der Waals surface area contributed by atoms with Crippen molar-refractivity contribution in [3.05, 3.63) is 48.3 Å². The van der Waals surface area contributed by atoms with Crippen LogP contribution in [0.25, 0.3) is 11.1 Å². The van der Waals surface area contributed by atoms with Gasteiger partial charge in [0.15, 0.2) is 0 Å². The highest BCUT2D eigenvalue weighted by atomic mass is 19.1. The Morgan fingerprint density at radius 1 is 1.00 bits per heavy atom. The standard InChI is InChI=1S/C21H26FNO3/c1-16(2)26-20-5-3-17(4-6-20)18-13-19(22)15-21(14-18)25-12-9-23-7-10-24-11-8-23/h3-6,13-16H,7-12H2,1-2H3. The van der Waals surface area contributed by atoms with Gasteiger partial charge in [-0.15, -0.1) is 0 Å². The van der Waals surface area contributed by atoms with Gasteiger partial charge in [0, 0.05) is 25.7 Å². The zero-order valence-electron chi connectivity index (χ0n) is 15.4. The largest absolute Gasteiger partial charge is 0.492 e. The minimum absolute atomic E-state index is 0.126. The maximum atomic E-state index is 14.0. The fraction of sp³-hybridized carbons (Fsp3) is 0.429. The number of morpholine rings is 1. The molecule has 1 aliphatic rings. The van der Waals surface area contributed by atoms with Crippen LogP contribution in [0.3, 0.4) is 0 Å². The van der Waals surface area contributed by atoms with Gasteiger partial charge in [-0.3, -0.25) is 4.90 Å². The van der Waals surface area contributed by atoms with E-state index in [-0.39, 0.29) is 11.9 Å². The highest BCUT2D eigenvalue weighted by Crippen LogP contribution is 2.27. The Morgan fingerprint density at radius 3 is 2.42 bits per heavy atom. The Hall–Kier alpha value is -2.11. The Balaban J connectivity index is 1.63. The summed E-state index contributed by atoms with van der Waals surface area (Å²) in [4.78, 5) is 2.29. The van der Waals surface area contributed by atoms with Crippen LogP contribution >= 0.6 is 0 Å². The smallest absolute Gasteiger partial charge is 0.127 e. The van der Waals surface area contributed by atoms with Gasteiger partial charge in [-0.05, 0) is 49.2 Å². The zero-order chi connectivity index (χ0) is 18.4. The van der Waals surface area contributed by atoms with Gasteiger partial charge in [0.1, 0.15) is 23.9 Å². The first kappa shape index (κ1) is 18.7. The van der Waals surface area contributed by atoms with Crippen LogP contribution in [0.1, 0.15) is 13.8 Å². The summed E-state index contributed by atoms with van der Waals surface area (Å²) in [6.45, 7) is 8.69. The molecule has 5 heteroatoms. The average molecular weight is 359 g/mol. The first-order chi connectivity index (χ1) is 12.6. The van der Waals surface area contributed by atoms with Crippen molar-refractivity contribution >= 4 is 0 Å². The van der Waals surface area contributed by atoms with Crippen molar-refractivity contribution in [3.8, 4) is 22.6 Å². The van der Waals surface area contributed by atoms with Crippen LogP contribution in [-0.4, -0.2) is 50.5 Å². The molecule has 3 rings (SSSR count). The summed E-state index contributed by atoms with van der Waals surface area (Å²) in [6.07, 6.45) is 0.126. The van der Waals surface area contributed by atoms with E-state index in [0.717, 1.165) is 49.7 Å². The second-order valence-electron chi connectivity index (χ2n) is 6.67. The average Bonchev–Trinajstić information content (AvgIpc) is 2.62. The van der Waals surface area contributed by atoms with Gasteiger partial charge < -0.3 is 14.2 Å². The highest BCUT2D eigenvalue weighted by Gasteiger charge is 2.10. The maximum absolute atomic E-state index is 14.0. The molecule has 26 heavy (non-hydrogen) atoms. The summed E-state index contributed by atoms with van der Waals surface area (Å²) < 4.78 is 30.8. The number of rotatable bonds is 7. The Labute approximate surface area is 154 Å². The number of nitrogens with zero attached hydrogens (tertiary/aromatic N) is 1. The number of halogens is 1. The van der Waals surface area contributed by atoms with Crippen molar-refractivity contribution < 1.29 is 18.6 Å². The number of benzene rings is 2. The van der Waals surface area contributed by atoms with Gasteiger partial charge in [0.25, 0.3) is 0 Å². The van der Waals surface area contributed by atoms with Gasteiger partial charge in [-0.25, -0.2) is 4.39 Å². The quantitative estimate of drug-likeness (QED) is 0.748. The monoisotopic (exact) mass is 359 g/mol. The van der Waals surface area contributed by atoms with Crippen LogP contribution in [0.2, 0.25) is 0 Å². The molecule has 0 radical (unpaired) electrons. The first-order valence-electron chi connectivity index (χ1n) is 9.11. The van der Waals surface area contributed by atoms with Gasteiger partial charge in [0.2, 0.25) is 0 Å². The second-order valence-corrected chi connectivity index (χ2v) is 6.67. The Bertz CT molecular complexity index is 697. The fourth-order valence-corrected chi connectivity index (χ4v) is 2.93. The van der Waals surface area contributed by atoms with Gasteiger partial charge in [-0.1, -0.05) is 12.1 Å².